The molecular weight excluding hydrogens is 235 g/mol. The number of benzene rings is 1. The summed E-state index contributed by atoms with van der Waals surface area (Å²) in [6.45, 7) is 1.92. The molecule has 1 aromatic carbocycles. The minimum absolute atomic E-state index is 0.0240. The van der Waals surface area contributed by atoms with Crippen molar-refractivity contribution in [2.24, 2.45) is 5.73 Å². The molecule has 0 saturated heterocycles. The molecule has 2 N–H and O–H groups in total. The lowest BCUT2D eigenvalue weighted by Gasteiger charge is -2.21. The topological polar surface area (TPSA) is 55.6 Å². The molecule has 1 amide bonds. The van der Waals surface area contributed by atoms with Crippen LogP contribution in [0.15, 0.2) is 24.3 Å². The third-order valence-electron chi connectivity index (χ3n) is 2.59. The second kappa shape index (κ2) is 7.79. The Hall–Kier alpha value is -1.46. The van der Waals surface area contributed by atoms with E-state index < -0.39 is 0 Å². The number of nitrogens with two attached hydrogens (primary N) is 1. The maximum atomic E-state index is 12.7. The Labute approximate surface area is 107 Å². The molecule has 0 fully saturated rings. The predicted molar refractivity (Wildman–Crippen MR) is 67.6 cm³/mol. The van der Waals surface area contributed by atoms with Crippen LogP contribution in [0.4, 0.5) is 4.39 Å². The zero-order chi connectivity index (χ0) is 13.4. The van der Waals surface area contributed by atoms with Crippen LogP contribution in [0.25, 0.3) is 0 Å². The van der Waals surface area contributed by atoms with E-state index in [1.54, 1.807) is 24.1 Å². The SMILES string of the molecule is COCCN(CCN)C(=O)Cc1ccc(F)cc1. The molecule has 1 aromatic rings. The Morgan fingerprint density at radius 1 is 1.33 bits per heavy atom. The van der Waals surface area contributed by atoms with E-state index >= 15 is 0 Å². The van der Waals surface area contributed by atoms with Gasteiger partial charge in [-0.05, 0) is 17.7 Å². The fourth-order valence-corrected chi connectivity index (χ4v) is 1.61. The van der Waals surface area contributed by atoms with E-state index in [-0.39, 0.29) is 18.1 Å². The largest absolute Gasteiger partial charge is 0.383 e. The van der Waals surface area contributed by atoms with Crippen molar-refractivity contribution in [1.82, 2.24) is 4.90 Å². The minimum atomic E-state index is -0.301. The van der Waals surface area contributed by atoms with Crippen LogP contribution in [0.5, 0.6) is 0 Å². The molecule has 0 saturated carbocycles. The lowest BCUT2D eigenvalue weighted by atomic mass is 10.1. The molecule has 5 heteroatoms. The van der Waals surface area contributed by atoms with E-state index in [0.29, 0.717) is 26.2 Å². The van der Waals surface area contributed by atoms with Gasteiger partial charge in [-0.15, -0.1) is 0 Å². The minimum Gasteiger partial charge on any atom is -0.383 e. The third kappa shape index (κ3) is 4.81. The van der Waals surface area contributed by atoms with Gasteiger partial charge >= 0.3 is 0 Å². The molecular formula is C13H19FN2O2. The molecule has 0 aliphatic heterocycles. The second-order valence-electron chi connectivity index (χ2n) is 3.97. The van der Waals surface area contributed by atoms with Crippen molar-refractivity contribution in [3.05, 3.63) is 35.6 Å². The first kappa shape index (κ1) is 14.6. The van der Waals surface area contributed by atoms with Crippen LogP contribution >= 0.6 is 0 Å². The maximum absolute atomic E-state index is 12.7. The Balaban J connectivity index is 2.57. The van der Waals surface area contributed by atoms with Gasteiger partial charge in [0.15, 0.2) is 0 Å². The molecule has 0 bridgehead atoms. The molecule has 18 heavy (non-hydrogen) atoms. The van der Waals surface area contributed by atoms with Crippen LogP contribution in [0.1, 0.15) is 5.56 Å². The fraction of sp³-hybridized carbons (Fsp3) is 0.462. The van der Waals surface area contributed by atoms with Gasteiger partial charge < -0.3 is 15.4 Å². The molecule has 0 heterocycles. The van der Waals surface area contributed by atoms with E-state index in [1.165, 1.54) is 12.1 Å². The molecule has 0 atom stereocenters. The quantitative estimate of drug-likeness (QED) is 0.783. The van der Waals surface area contributed by atoms with Crippen molar-refractivity contribution in [2.45, 2.75) is 6.42 Å². The van der Waals surface area contributed by atoms with Crippen molar-refractivity contribution in [1.29, 1.82) is 0 Å². The second-order valence-corrected chi connectivity index (χ2v) is 3.97. The Morgan fingerprint density at radius 3 is 2.56 bits per heavy atom. The van der Waals surface area contributed by atoms with E-state index in [4.69, 9.17) is 10.5 Å². The zero-order valence-electron chi connectivity index (χ0n) is 10.6. The number of ether oxygens (including phenoxy) is 1. The van der Waals surface area contributed by atoms with Crippen LogP contribution in [-0.4, -0.2) is 44.2 Å². The Bertz CT molecular complexity index is 368. The number of hydrogen-bond acceptors (Lipinski definition) is 3. The van der Waals surface area contributed by atoms with Crippen molar-refractivity contribution >= 4 is 5.91 Å². The van der Waals surface area contributed by atoms with Crippen molar-refractivity contribution < 1.29 is 13.9 Å². The van der Waals surface area contributed by atoms with E-state index in [0.717, 1.165) is 5.56 Å². The van der Waals surface area contributed by atoms with Gasteiger partial charge in [0.25, 0.3) is 0 Å². The highest BCUT2D eigenvalue weighted by Crippen LogP contribution is 2.05. The molecule has 0 spiro atoms. The molecule has 0 radical (unpaired) electrons. The summed E-state index contributed by atoms with van der Waals surface area (Å²) in [6.07, 6.45) is 0.254. The lowest BCUT2D eigenvalue weighted by molar-refractivity contribution is -0.131. The summed E-state index contributed by atoms with van der Waals surface area (Å²) in [5.74, 6) is -0.325. The summed E-state index contributed by atoms with van der Waals surface area (Å²) in [5, 5.41) is 0. The lowest BCUT2D eigenvalue weighted by Crippen LogP contribution is -2.38. The summed E-state index contributed by atoms with van der Waals surface area (Å²) in [6, 6.07) is 5.93. The van der Waals surface area contributed by atoms with Gasteiger partial charge in [0, 0.05) is 26.7 Å². The van der Waals surface area contributed by atoms with E-state index in [9.17, 15) is 9.18 Å². The van der Waals surface area contributed by atoms with Gasteiger partial charge in [-0.1, -0.05) is 12.1 Å². The van der Waals surface area contributed by atoms with E-state index in [1.807, 2.05) is 0 Å². The molecule has 100 valence electrons. The highest BCUT2D eigenvalue weighted by atomic mass is 19.1. The number of carbonyl (C=O) groups excluding carboxylic acids is 1. The average molecular weight is 254 g/mol. The number of rotatable bonds is 7. The monoisotopic (exact) mass is 254 g/mol. The summed E-state index contributed by atoms with van der Waals surface area (Å²) < 4.78 is 17.7. The van der Waals surface area contributed by atoms with Crippen molar-refractivity contribution in [2.75, 3.05) is 33.4 Å². The first-order valence-corrected chi connectivity index (χ1v) is 5.88. The molecule has 0 unspecified atom stereocenters. The number of halogens is 1. The summed E-state index contributed by atoms with van der Waals surface area (Å²) >= 11 is 0. The van der Waals surface area contributed by atoms with Gasteiger partial charge in [-0.2, -0.15) is 0 Å². The van der Waals surface area contributed by atoms with Gasteiger partial charge in [0.2, 0.25) is 5.91 Å². The standard InChI is InChI=1S/C13H19FN2O2/c1-18-9-8-16(7-6-15)13(17)10-11-2-4-12(14)5-3-11/h2-5H,6-10,15H2,1H3. The van der Waals surface area contributed by atoms with Gasteiger partial charge in [-0.3, -0.25) is 4.79 Å². The van der Waals surface area contributed by atoms with Crippen LogP contribution in [0.2, 0.25) is 0 Å². The number of amides is 1. The van der Waals surface area contributed by atoms with Crippen LogP contribution in [0.3, 0.4) is 0 Å². The van der Waals surface area contributed by atoms with Gasteiger partial charge in [0.05, 0.1) is 13.0 Å². The summed E-state index contributed by atoms with van der Waals surface area (Å²) in [7, 11) is 1.59. The van der Waals surface area contributed by atoms with Crippen LogP contribution in [-0.2, 0) is 16.0 Å². The zero-order valence-corrected chi connectivity index (χ0v) is 10.6. The Morgan fingerprint density at radius 2 is 2.00 bits per heavy atom. The highest BCUT2D eigenvalue weighted by Gasteiger charge is 2.12. The molecule has 1 rings (SSSR count). The van der Waals surface area contributed by atoms with Crippen molar-refractivity contribution in [3.63, 3.8) is 0 Å². The molecule has 0 aliphatic carbocycles. The highest BCUT2D eigenvalue weighted by molar-refractivity contribution is 5.78. The van der Waals surface area contributed by atoms with Gasteiger partial charge in [0.1, 0.15) is 5.82 Å². The number of methoxy groups -OCH3 is 1. The maximum Gasteiger partial charge on any atom is 0.227 e. The average Bonchev–Trinajstić information content (AvgIpc) is 2.37. The fourth-order valence-electron chi connectivity index (χ4n) is 1.61. The Kier molecular flexibility index (Phi) is 6.32. The molecule has 4 nitrogen and oxygen atoms in total. The van der Waals surface area contributed by atoms with Crippen LogP contribution < -0.4 is 5.73 Å². The van der Waals surface area contributed by atoms with Crippen LogP contribution in [0, 0.1) is 5.82 Å². The van der Waals surface area contributed by atoms with Gasteiger partial charge in [-0.25, -0.2) is 4.39 Å². The molecule has 0 aromatic heterocycles. The van der Waals surface area contributed by atoms with E-state index in [2.05, 4.69) is 0 Å². The number of carbonyl (C=O) groups is 1. The number of hydrogen-bond donors (Lipinski definition) is 1. The first-order valence-electron chi connectivity index (χ1n) is 5.88. The molecule has 0 aliphatic rings. The summed E-state index contributed by atoms with van der Waals surface area (Å²) in [5.41, 5.74) is 6.26. The third-order valence-corrected chi connectivity index (χ3v) is 2.59. The summed E-state index contributed by atoms with van der Waals surface area (Å²) in [4.78, 5) is 13.7. The number of nitrogens with zero attached hydrogens (tertiary/aromatic N) is 1. The van der Waals surface area contributed by atoms with Crippen molar-refractivity contribution in [3.8, 4) is 0 Å². The normalized spacial score (nSPS) is 10.4. The smallest absolute Gasteiger partial charge is 0.227 e. The predicted octanol–water partition coefficient (Wildman–Crippen LogP) is 0.802. The first-order chi connectivity index (χ1) is 8.67.